The highest BCUT2D eigenvalue weighted by Gasteiger charge is 2.07. The predicted molar refractivity (Wildman–Crippen MR) is 47.9 cm³/mol. The van der Waals surface area contributed by atoms with E-state index in [1.54, 1.807) is 6.92 Å². The number of carboxylic acids is 2. The minimum atomic E-state index is -1.18. The van der Waals surface area contributed by atoms with Gasteiger partial charge in [0.1, 0.15) is 0 Å². The number of aliphatic carboxylic acids is 2. The van der Waals surface area contributed by atoms with Crippen molar-refractivity contribution in [2.24, 2.45) is 0 Å². The van der Waals surface area contributed by atoms with E-state index in [1.807, 2.05) is 0 Å². The van der Waals surface area contributed by atoms with Gasteiger partial charge in [-0.2, -0.15) is 0 Å². The standard InChI is InChI=1S/2C4H8O3/c1-3(5)2-4(6)7;1-2-3(5)4(6)7/h2*3,5H,2H2,1H3,(H,6,7). The fraction of sp³-hybridized carbons (Fsp3) is 0.750. The molecule has 0 saturated carbocycles. The third kappa shape index (κ3) is 13.4. The van der Waals surface area contributed by atoms with Crippen molar-refractivity contribution in [3.8, 4) is 0 Å². The third-order valence-electron chi connectivity index (χ3n) is 1.14. The van der Waals surface area contributed by atoms with Gasteiger partial charge in [-0.05, 0) is 13.3 Å². The van der Waals surface area contributed by atoms with Crippen LogP contribution in [0.4, 0.5) is 0 Å². The summed E-state index contributed by atoms with van der Waals surface area (Å²) in [4.78, 5) is 19.3. The lowest BCUT2D eigenvalue weighted by Gasteiger charge is -1.95. The van der Waals surface area contributed by atoms with Crippen LogP contribution < -0.4 is 0 Å². The van der Waals surface area contributed by atoms with Crippen molar-refractivity contribution >= 4 is 11.9 Å². The molecule has 6 heteroatoms. The lowest BCUT2D eigenvalue weighted by Crippen LogP contribution is -2.17. The molecule has 0 aromatic rings. The predicted octanol–water partition coefficient (Wildman–Crippen LogP) is -0.316. The van der Waals surface area contributed by atoms with Gasteiger partial charge in [0.25, 0.3) is 0 Å². The number of hydrogen-bond donors (Lipinski definition) is 4. The highest BCUT2D eigenvalue weighted by molar-refractivity contribution is 5.71. The van der Waals surface area contributed by atoms with Gasteiger partial charge < -0.3 is 20.4 Å². The summed E-state index contributed by atoms with van der Waals surface area (Å²) < 4.78 is 0. The third-order valence-corrected chi connectivity index (χ3v) is 1.14. The molecule has 6 nitrogen and oxygen atoms in total. The van der Waals surface area contributed by atoms with Crippen molar-refractivity contribution in [1.82, 2.24) is 0 Å². The highest BCUT2D eigenvalue weighted by Crippen LogP contribution is 1.86. The minimum absolute atomic E-state index is 0.167. The van der Waals surface area contributed by atoms with Crippen molar-refractivity contribution in [2.45, 2.75) is 38.9 Å². The van der Waals surface area contributed by atoms with E-state index in [2.05, 4.69) is 0 Å². The molecule has 0 amide bonds. The van der Waals surface area contributed by atoms with Crippen molar-refractivity contribution in [2.75, 3.05) is 0 Å². The quantitative estimate of drug-likeness (QED) is 0.503. The van der Waals surface area contributed by atoms with E-state index in [0.717, 1.165) is 0 Å². The Morgan fingerprint density at radius 3 is 1.64 bits per heavy atom. The van der Waals surface area contributed by atoms with Crippen LogP contribution in [-0.4, -0.2) is 44.6 Å². The lowest BCUT2D eigenvalue weighted by atomic mass is 10.3. The van der Waals surface area contributed by atoms with Crippen molar-refractivity contribution in [3.05, 3.63) is 0 Å². The smallest absolute Gasteiger partial charge is 0.332 e. The van der Waals surface area contributed by atoms with Crippen molar-refractivity contribution in [1.29, 1.82) is 0 Å². The maximum Gasteiger partial charge on any atom is 0.332 e. The summed E-state index contributed by atoms with van der Waals surface area (Å²) in [6, 6.07) is 0. The fourth-order valence-corrected chi connectivity index (χ4v) is 0.427. The molecular weight excluding hydrogens is 192 g/mol. The molecule has 0 fully saturated rings. The Bertz CT molecular complexity index is 177. The second-order valence-corrected chi connectivity index (χ2v) is 2.71. The molecular formula is C8H16O6. The van der Waals surface area contributed by atoms with E-state index in [9.17, 15) is 9.59 Å². The number of carbonyl (C=O) groups is 2. The summed E-state index contributed by atoms with van der Waals surface area (Å²) in [5.41, 5.74) is 0. The molecule has 0 saturated heterocycles. The summed E-state index contributed by atoms with van der Waals surface area (Å²) in [7, 11) is 0. The minimum Gasteiger partial charge on any atom is -0.481 e. The van der Waals surface area contributed by atoms with E-state index < -0.39 is 24.1 Å². The molecule has 2 unspecified atom stereocenters. The lowest BCUT2D eigenvalue weighted by molar-refractivity contribution is -0.146. The number of aliphatic hydroxyl groups excluding tert-OH is 2. The first kappa shape index (κ1) is 15.3. The average Bonchev–Trinajstić information content (AvgIpc) is 2.01. The molecule has 0 aliphatic heterocycles. The zero-order valence-corrected chi connectivity index (χ0v) is 8.17. The number of aliphatic hydroxyl groups is 2. The van der Waals surface area contributed by atoms with Gasteiger partial charge in [-0.25, -0.2) is 4.79 Å². The first-order chi connectivity index (χ1) is 6.31. The first-order valence-electron chi connectivity index (χ1n) is 4.12. The molecule has 0 radical (unpaired) electrons. The maximum absolute atomic E-state index is 9.68. The zero-order chi connectivity index (χ0) is 11.7. The van der Waals surface area contributed by atoms with Crippen LogP contribution in [0.5, 0.6) is 0 Å². The van der Waals surface area contributed by atoms with E-state index >= 15 is 0 Å². The second-order valence-electron chi connectivity index (χ2n) is 2.71. The van der Waals surface area contributed by atoms with Gasteiger partial charge in [0.15, 0.2) is 6.10 Å². The van der Waals surface area contributed by atoms with Crippen LogP contribution in [0.25, 0.3) is 0 Å². The topological polar surface area (TPSA) is 115 Å². The van der Waals surface area contributed by atoms with Gasteiger partial charge >= 0.3 is 11.9 Å². The van der Waals surface area contributed by atoms with Crippen LogP contribution in [-0.2, 0) is 9.59 Å². The van der Waals surface area contributed by atoms with Gasteiger partial charge in [0.2, 0.25) is 0 Å². The van der Waals surface area contributed by atoms with Crippen LogP contribution in [0, 0.1) is 0 Å². The molecule has 0 aromatic heterocycles. The van der Waals surface area contributed by atoms with Gasteiger partial charge in [-0.1, -0.05) is 6.92 Å². The summed E-state index contributed by atoms with van der Waals surface area (Å²) >= 11 is 0. The molecule has 0 aliphatic carbocycles. The number of rotatable bonds is 4. The molecule has 4 N–H and O–H groups in total. The summed E-state index contributed by atoms with van der Waals surface area (Å²) in [5.74, 6) is -2.11. The van der Waals surface area contributed by atoms with E-state index in [4.69, 9.17) is 20.4 Å². The normalized spacial score (nSPS) is 13.4. The Balaban J connectivity index is 0. The Morgan fingerprint density at radius 2 is 1.64 bits per heavy atom. The maximum atomic E-state index is 9.68. The fourth-order valence-electron chi connectivity index (χ4n) is 0.427. The summed E-state index contributed by atoms with van der Waals surface area (Å²) in [6.07, 6.45) is -1.80. The molecule has 0 heterocycles. The molecule has 0 rings (SSSR count). The van der Waals surface area contributed by atoms with E-state index in [0.29, 0.717) is 0 Å². The molecule has 0 aliphatic rings. The Morgan fingerprint density at radius 1 is 1.21 bits per heavy atom. The van der Waals surface area contributed by atoms with Gasteiger partial charge in [0, 0.05) is 0 Å². The van der Waals surface area contributed by atoms with Crippen LogP contribution >= 0.6 is 0 Å². The molecule has 0 bridgehead atoms. The summed E-state index contributed by atoms with van der Waals surface area (Å²) in [5, 5.41) is 32.5. The van der Waals surface area contributed by atoms with E-state index in [1.165, 1.54) is 6.92 Å². The monoisotopic (exact) mass is 208 g/mol. The molecule has 14 heavy (non-hydrogen) atoms. The van der Waals surface area contributed by atoms with Crippen molar-refractivity contribution < 1.29 is 30.0 Å². The number of carboxylic acid groups (broad SMARTS) is 2. The van der Waals surface area contributed by atoms with Crippen LogP contribution in [0.15, 0.2) is 0 Å². The molecule has 84 valence electrons. The summed E-state index contributed by atoms with van der Waals surface area (Å²) in [6.45, 7) is 3.05. The average molecular weight is 208 g/mol. The Hall–Kier alpha value is -1.14. The zero-order valence-electron chi connectivity index (χ0n) is 8.17. The Labute approximate surface area is 81.8 Å². The van der Waals surface area contributed by atoms with Gasteiger partial charge in [-0.3, -0.25) is 4.79 Å². The van der Waals surface area contributed by atoms with Crippen molar-refractivity contribution in [3.63, 3.8) is 0 Å². The van der Waals surface area contributed by atoms with E-state index in [-0.39, 0.29) is 12.8 Å². The Kier molecular flexibility index (Phi) is 9.27. The highest BCUT2D eigenvalue weighted by atomic mass is 16.4. The van der Waals surface area contributed by atoms with Crippen LogP contribution in [0.1, 0.15) is 26.7 Å². The van der Waals surface area contributed by atoms with Crippen LogP contribution in [0.2, 0.25) is 0 Å². The van der Waals surface area contributed by atoms with Crippen LogP contribution in [0.3, 0.4) is 0 Å². The van der Waals surface area contributed by atoms with Gasteiger partial charge in [0.05, 0.1) is 12.5 Å². The molecule has 0 aromatic carbocycles. The first-order valence-corrected chi connectivity index (χ1v) is 4.12. The SMILES string of the molecule is CC(O)CC(=O)O.CCC(O)C(=O)O. The second kappa shape index (κ2) is 8.46. The largest absolute Gasteiger partial charge is 0.481 e. The molecule has 0 spiro atoms. The van der Waals surface area contributed by atoms with Gasteiger partial charge in [-0.15, -0.1) is 0 Å². The number of hydrogen-bond acceptors (Lipinski definition) is 4. The molecule has 2 atom stereocenters.